The first-order valence-electron chi connectivity index (χ1n) is 8.08. The van der Waals surface area contributed by atoms with Crippen LogP contribution in [0.5, 0.6) is 0 Å². The molecule has 3 heterocycles. The molecule has 6 heteroatoms. The predicted octanol–water partition coefficient (Wildman–Crippen LogP) is 2.31. The van der Waals surface area contributed by atoms with Gasteiger partial charge >= 0.3 is 6.03 Å². The maximum Gasteiger partial charge on any atom is 0.317 e. The molecule has 2 saturated heterocycles. The number of nitrogens with zero attached hydrogens (tertiary/aromatic N) is 2. The summed E-state index contributed by atoms with van der Waals surface area (Å²) in [5.74, 6) is 0. The molecule has 0 unspecified atom stereocenters. The number of thiophene rings is 1. The summed E-state index contributed by atoms with van der Waals surface area (Å²) in [6, 6.07) is 2.84. The molecule has 0 saturated carbocycles. The summed E-state index contributed by atoms with van der Waals surface area (Å²) in [6.45, 7) is 8.47. The van der Waals surface area contributed by atoms with Crippen molar-refractivity contribution in [2.24, 2.45) is 0 Å². The van der Waals surface area contributed by atoms with Crippen LogP contribution in [0.25, 0.3) is 0 Å². The highest BCUT2D eigenvalue weighted by atomic mass is 32.1. The Labute approximate surface area is 136 Å². The third-order valence-corrected chi connectivity index (χ3v) is 5.56. The number of nitrogens with one attached hydrogen (secondary N) is 1. The van der Waals surface area contributed by atoms with E-state index in [2.05, 4.69) is 34.0 Å². The SMILES string of the molecule is C[C@@H]1OCC[C@@H]1NC(=O)N1CCN([C@H](C)c2ccsc2)CC1. The molecule has 22 heavy (non-hydrogen) atoms. The van der Waals surface area contributed by atoms with Gasteiger partial charge in [-0.05, 0) is 42.7 Å². The molecule has 0 bridgehead atoms. The second kappa shape index (κ2) is 6.98. The highest BCUT2D eigenvalue weighted by molar-refractivity contribution is 7.07. The minimum atomic E-state index is 0.0604. The van der Waals surface area contributed by atoms with Crippen molar-refractivity contribution in [3.05, 3.63) is 22.4 Å². The molecular formula is C16H25N3O2S. The third-order valence-electron chi connectivity index (χ3n) is 4.86. The maximum atomic E-state index is 12.3. The van der Waals surface area contributed by atoms with Crippen LogP contribution in [0.1, 0.15) is 31.9 Å². The fourth-order valence-electron chi connectivity index (χ4n) is 3.21. The van der Waals surface area contributed by atoms with E-state index in [0.29, 0.717) is 6.04 Å². The van der Waals surface area contributed by atoms with Crippen LogP contribution in [-0.2, 0) is 4.74 Å². The van der Waals surface area contributed by atoms with Gasteiger partial charge in [-0.1, -0.05) is 0 Å². The molecular weight excluding hydrogens is 298 g/mol. The van der Waals surface area contributed by atoms with Gasteiger partial charge in [0.25, 0.3) is 0 Å². The zero-order valence-corrected chi connectivity index (χ0v) is 14.1. The van der Waals surface area contributed by atoms with Crippen molar-refractivity contribution in [1.29, 1.82) is 0 Å². The Hall–Kier alpha value is -1.11. The van der Waals surface area contributed by atoms with Gasteiger partial charge in [-0.3, -0.25) is 4.90 Å². The molecule has 0 aromatic carbocycles. The van der Waals surface area contributed by atoms with E-state index in [-0.39, 0.29) is 18.2 Å². The van der Waals surface area contributed by atoms with Crippen molar-refractivity contribution < 1.29 is 9.53 Å². The number of hydrogen-bond acceptors (Lipinski definition) is 4. The van der Waals surface area contributed by atoms with Crippen molar-refractivity contribution >= 4 is 17.4 Å². The monoisotopic (exact) mass is 323 g/mol. The highest BCUT2D eigenvalue weighted by Gasteiger charge is 2.29. The minimum Gasteiger partial charge on any atom is -0.376 e. The lowest BCUT2D eigenvalue weighted by atomic mass is 10.1. The predicted molar refractivity (Wildman–Crippen MR) is 88.2 cm³/mol. The van der Waals surface area contributed by atoms with E-state index in [1.54, 1.807) is 11.3 Å². The van der Waals surface area contributed by atoms with E-state index < -0.39 is 0 Å². The largest absolute Gasteiger partial charge is 0.376 e. The fourth-order valence-corrected chi connectivity index (χ4v) is 3.95. The number of amides is 2. The first-order valence-corrected chi connectivity index (χ1v) is 9.02. The average Bonchev–Trinajstić information content (AvgIpc) is 3.19. The number of carbonyl (C=O) groups excluding carboxylic acids is 1. The van der Waals surface area contributed by atoms with Gasteiger partial charge in [0.15, 0.2) is 0 Å². The molecule has 0 spiro atoms. The van der Waals surface area contributed by atoms with Crippen molar-refractivity contribution in [2.75, 3.05) is 32.8 Å². The first-order chi connectivity index (χ1) is 10.6. The molecule has 2 amide bonds. The minimum absolute atomic E-state index is 0.0604. The van der Waals surface area contributed by atoms with Gasteiger partial charge in [-0.15, -0.1) is 0 Å². The summed E-state index contributed by atoms with van der Waals surface area (Å²) in [6.07, 6.45) is 1.05. The Morgan fingerprint density at radius 2 is 2.18 bits per heavy atom. The first kappa shape index (κ1) is 15.8. The van der Waals surface area contributed by atoms with Crippen LogP contribution in [-0.4, -0.2) is 60.8 Å². The van der Waals surface area contributed by atoms with Gasteiger partial charge in [0.05, 0.1) is 12.1 Å². The number of rotatable bonds is 3. The zero-order chi connectivity index (χ0) is 15.5. The van der Waals surface area contributed by atoms with Crippen LogP contribution in [0.3, 0.4) is 0 Å². The average molecular weight is 323 g/mol. The van der Waals surface area contributed by atoms with Crippen LogP contribution in [0.4, 0.5) is 4.79 Å². The number of urea groups is 1. The summed E-state index contributed by atoms with van der Waals surface area (Å²) in [4.78, 5) is 16.7. The molecule has 2 aliphatic rings. The zero-order valence-electron chi connectivity index (χ0n) is 13.3. The quantitative estimate of drug-likeness (QED) is 0.928. The Balaban J connectivity index is 1.48. The number of hydrogen-bond donors (Lipinski definition) is 1. The van der Waals surface area contributed by atoms with E-state index in [4.69, 9.17) is 4.74 Å². The Bertz CT molecular complexity index is 486. The topological polar surface area (TPSA) is 44.8 Å². The van der Waals surface area contributed by atoms with Crippen LogP contribution >= 0.6 is 11.3 Å². The van der Waals surface area contributed by atoms with E-state index in [9.17, 15) is 4.79 Å². The summed E-state index contributed by atoms with van der Waals surface area (Å²) >= 11 is 1.74. The number of carbonyl (C=O) groups is 1. The summed E-state index contributed by atoms with van der Waals surface area (Å²) in [7, 11) is 0. The van der Waals surface area contributed by atoms with Crippen molar-refractivity contribution in [2.45, 2.75) is 38.5 Å². The molecule has 0 aliphatic carbocycles. The molecule has 3 rings (SSSR count). The summed E-state index contributed by atoms with van der Waals surface area (Å²) in [5.41, 5.74) is 1.37. The van der Waals surface area contributed by atoms with Crippen LogP contribution < -0.4 is 5.32 Å². The van der Waals surface area contributed by atoms with Crippen LogP contribution in [0.2, 0.25) is 0 Å². The summed E-state index contributed by atoms with van der Waals surface area (Å²) in [5, 5.41) is 7.45. The molecule has 1 N–H and O–H groups in total. The molecule has 1 aromatic heterocycles. The lowest BCUT2D eigenvalue weighted by Gasteiger charge is -2.38. The molecule has 2 fully saturated rings. The maximum absolute atomic E-state index is 12.3. The Kier molecular flexibility index (Phi) is 5.00. The van der Waals surface area contributed by atoms with Crippen LogP contribution in [0.15, 0.2) is 16.8 Å². The smallest absolute Gasteiger partial charge is 0.317 e. The van der Waals surface area contributed by atoms with E-state index in [0.717, 1.165) is 39.2 Å². The lowest BCUT2D eigenvalue weighted by Crippen LogP contribution is -2.54. The molecule has 122 valence electrons. The molecule has 1 aromatic rings. The van der Waals surface area contributed by atoms with Gasteiger partial charge in [-0.2, -0.15) is 11.3 Å². The summed E-state index contributed by atoms with van der Waals surface area (Å²) < 4.78 is 5.50. The molecule has 5 nitrogen and oxygen atoms in total. The molecule has 2 aliphatic heterocycles. The van der Waals surface area contributed by atoms with Gasteiger partial charge in [0.1, 0.15) is 0 Å². The van der Waals surface area contributed by atoms with Gasteiger partial charge in [0, 0.05) is 38.8 Å². The van der Waals surface area contributed by atoms with E-state index in [1.807, 2.05) is 11.8 Å². The lowest BCUT2D eigenvalue weighted by molar-refractivity contribution is 0.100. The van der Waals surface area contributed by atoms with Crippen LogP contribution in [0, 0.1) is 0 Å². The van der Waals surface area contributed by atoms with Crippen molar-refractivity contribution in [3.8, 4) is 0 Å². The highest BCUT2D eigenvalue weighted by Crippen LogP contribution is 2.23. The standard InChI is InChI=1S/C16H25N3O2S/c1-12(14-4-10-22-11-14)18-5-7-19(8-6-18)16(20)17-15-3-9-21-13(15)2/h4,10-13,15H,3,5-9H2,1-2H3,(H,17,20)/t12-,13+,15+/m1/s1. The van der Waals surface area contributed by atoms with Gasteiger partial charge in [0.2, 0.25) is 0 Å². The van der Waals surface area contributed by atoms with Crippen molar-refractivity contribution in [1.82, 2.24) is 15.1 Å². The van der Waals surface area contributed by atoms with Gasteiger partial charge in [-0.25, -0.2) is 4.79 Å². The van der Waals surface area contributed by atoms with E-state index >= 15 is 0 Å². The van der Waals surface area contributed by atoms with Gasteiger partial charge < -0.3 is 15.0 Å². The third kappa shape index (κ3) is 3.45. The number of ether oxygens (including phenoxy) is 1. The normalized spacial score (nSPS) is 27.8. The Morgan fingerprint density at radius 1 is 1.41 bits per heavy atom. The second-order valence-electron chi connectivity index (χ2n) is 6.18. The molecule has 3 atom stereocenters. The number of piperazine rings is 1. The van der Waals surface area contributed by atoms with Crippen molar-refractivity contribution in [3.63, 3.8) is 0 Å². The fraction of sp³-hybridized carbons (Fsp3) is 0.688. The Morgan fingerprint density at radius 3 is 2.77 bits per heavy atom. The molecule has 0 radical (unpaired) electrons. The van der Waals surface area contributed by atoms with E-state index in [1.165, 1.54) is 5.56 Å². The second-order valence-corrected chi connectivity index (χ2v) is 6.96.